The fourth-order valence-electron chi connectivity index (χ4n) is 2.15. The van der Waals surface area contributed by atoms with Crippen molar-refractivity contribution in [2.45, 2.75) is 6.54 Å². The summed E-state index contributed by atoms with van der Waals surface area (Å²) in [7, 11) is 1.77. The number of amides is 1. The maximum atomic E-state index is 12.5. The van der Waals surface area contributed by atoms with Gasteiger partial charge in [-0.1, -0.05) is 0 Å². The number of H-pyrrole nitrogens is 1. The third-order valence-corrected chi connectivity index (χ3v) is 3.80. The monoisotopic (exact) mass is 286 g/mol. The first-order chi connectivity index (χ1) is 9.65. The van der Waals surface area contributed by atoms with Crippen LogP contribution in [0.15, 0.2) is 35.3 Å². The third kappa shape index (κ3) is 2.25. The van der Waals surface area contributed by atoms with E-state index in [1.165, 1.54) is 11.3 Å². The van der Waals surface area contributed by atoms with Crippen LogP contribution in [-0.2, 0) is 6.54 Å². The second kappa shape index (κ2) is 4.97. The number of carbonyl (C=O) groups is 1. The zero-order chi connectivity index (χ0) is 14.1. The predicted molar refractivity (Wildman–Crippen MR) is 80.6 cm³/mol. The van der Waals surface area contributed by atoms with E-state index >= 15 is 0 Å². The molecule has 0 spiro atoms. The maximum absolute atomic E-state index is 12.5. The van der Waals surface area contributed by atoms with Gasteiger partial charge in [0, 0.05) is 35.2 Å². The van der Waals surface area contributed by atoms with Gasteiger partial charge in [-0.05, 0) is 18.2 Å². The molecule has 0 radical (unpaired) electrons. The summed E-state index contributed by atoms with van der Waals surface area (Å²) < 4.78 is 0. The summed E-state index contributed by atoms with van der Waals surface area (Å²) >= 11 is 1.52. The van der Waals surface area contributed by atoms with Gasteiger partial charge in [-0.2, -0.15) is 0 Å². The molecule has 1 amide bonds. The molecular formula is C14H14N4OS. The number of fused-ring (bicyclic) bond motifs is 1. The first-order valence-corrected chi connectivity index (χ1v) is 7.08. The number of hydrogen-bond acceptors (Lipinski definition) is 4. The average Bonchev–Trinajstić information content (AvgIpc) is 3.06. The van der Waals surface area contributed by atoms with E-state index in [-0.39, 0.29) is 5.91 Å². The van der Waals surface area contributed by atoms with Crippen LogP contribution in [0.5, 0.6) is 0 Å². The van der Waals surface area contributed by atoms with E-state index in [0.717, 1.165) is 16.6 Å². The summed E-state index contributed by atoms with van der Waals surface area (Å²) in [5.41, 5.74) is 10.6. The van der Waals surface area contributed by atoms with Crippen LogP contribution < -0.4 is 5.73 Å². The minimum absolute atomic E-state index is 0.0464. The molecule has 0 atom stereocenters. The zero-order valence-corrected chi connectivity index (χ0v) is 11.8. The van der Waals surface area contributed by atoms with Crippen molar-refractivity contribution >= 4 is 33.8 Å². The highest BCUT2D eigenvalue weighted by molar-refractivity contribution is 7.07. The number of aromatic nitrogens is 2. The molecular weight excluding hydrogens is 272 g/mol. The SMILES string of the molecule is CN(Cc1cscn1)C(=O)c1c[nH]c2ccc(N)cc12. The van der Waals surface area contributed by atoms with E-state index in [9.17, 15) is 4.79 Å². The van der Waals surface area contributed by atoms with Crippen molar-refractivity contribution < 1.29 is 4.79 Å². The molecule has 3 N–H and O–H groups in total. The van der Waals surface area contributed by atoms with Gasteiger partial charge in [0.05, 0.1) is 23.3 Å². The Morgan fingerprint density at radius 2 is 2.35 bits per heavy atom. The van der Waals surface area contributed by atoms with Gasteiger partial charge in [0.2, 0.25) is 0 Å². The van der Waals surface area contributed by atoms with E-state index in [1.54, 1.807) is 23.7 Å². The van der Waals surface area contributed by atoms with Gasteiger partial charge in [0.15, 0.2) is 0 Å². The molecule has 0 aliphatic rings. The van der Waals surface area contributed by atoms with Crippen LogP contribution in [0.4, 0.5) is 5.69 Å². The molecule has 0 fully saturated rings. The van der Waals surface area contributed by atoms with Crippen LogP contribution in [0.3, 0.4) is 0 Å². The summed E-state index contributed by atoms with van der Waals surface area (Å²) in [6.45, 7) is 0.497. The van der Waals surface area contributed by atoms with E-state index in [4.69, 9.17) is 5.73 Å². The number of nitrogen functional groups attached to an aromatic ring is 1. The Labute approximate surface area is 120 Å². The van der Waals surface area contributed by atoms with Crippen molar-refractivity contribution in [1.82, 2.24) is 14.9 Å². The summed E-state index contributed by atoms with van der Waals surface area (Å²) in [4.78, 5) is 21.4. The number of nitrogens with one attached hydrogen (secondary N) is 1. The topological polar surface area (TPSA) is 75.0 Å². The summed E-state index contributed by atoms with van der Waals surface area (Å²) in [5, 5.41) is 2.79. The highest BCUT2D eigenvalue weighted by Gasteiger charge is 2.17. The number of thiazole rings is 1. The second-order valence-corrected chi connectivity index (χ2v) is 5.37. The number of hydrogen-bond donors (Lipinski definition) is 2. The zero-order valence-electron chi connectivity index (χ0n) is 11.0. The highest BCUT2D eigenvalue weighted by Crippen LogP contribution is 2.22. The first-order valence-electron chi connectivity index (χ1n) is 6.14. The Morgan fingerprint density at radius 1 is 1.50 bits per heavy atom. The Balaban J connectivity index is 1.90. The molecule has 2 aromatic heterocycles. The van der Waals surface area contributed by atoms with Crippen molar-refractivity contribution in [3.8, 4) is 0 Å². The lowest BCUT2D eigenvalue weighted by Gasteiger charge is -2.15. The second-order valence-electron chi connectivity index (χ2n) is 4.65. The fourth-order valence-corrected chi connectivity index (χ4v) is 2.70. The van der Waals surface area contributed by atoms with Crippen LogP contribution in [0.25, 0.3) is 10.9 Å². The maximum Gasteiger partial charge on any atom is 0.256 e. The van der Waals surface area contributed by atoms with Crippen LogP contribution in [0.2, 0.25) is 0 Å². The summed E-state index contributed by atoms with van der Waals surface area (Å²) in [6, 6.07) is 5.50. The van der Waals surface area contributed by atoms with Gasteiger partial charge in [0.25, 0.3) is 5.91 Å². The molecule has 102 valence electrons. The number of nitrogens with two attached hydrogens (primary N) is 1. The summed E-state index contributed by atoms with van der Waals surface area (Å²) in [6.07, 6.45) is 1.73. The molecule has 1 aromatic carbocycles. The van der Waals surface area contributed by atoms with Crippen LogP contribution >= 0.6 is 11.3 Å². The molecule has 5 nitrogen and oxygen atoms in total. The number of anilines is 1. The molecule has 3 rings (SSSR count). The van der Waals surface area contributed by atoms with Gasteiger partial charge in [0.1, 0.15) is 0 Å². The molecule has 6 heteroatoms. The normalized spacial score (nSPS) is 10.8. The Morgan fingerprint density at radius 3 is 3.10 bits per heavy atom. The van der Waals surface area contributed by atoms with Crippen molar-refractivity contribution in [1.29, 1.82) is 0 Å². The van der Waals surface area contributed by atoms with Gasteiger partial charge in [-0.25, -0.2) is 4.98 Å². The standard InChI is InChI=1S/C14H14N4OS/c1-18(6-10-7-20-8-17-10)14(19)12-5-16-13-3-2-9(15)4-11(12)13/h2-5,7-8,16H,6,15H2,1H3. The number of nitrogens with zero attached hydrogens (tertiary/aromatic N) is 2. The van der Waals surface area contributed by atoms with Crippen molar-refractivity contribution in [2.75, 3.05) is 12.8 Å². The number of carbonyl (C=O) groups excluding carboxylic acids is 1. The fraction of sp³-hybridized carbons (Fsp3) is 0.143. The molecule has 0 aliphatic carbocycles. The number of benzene rings is 1. The molecule has 0 saturated heterocycles. The molecule has 0 aliphatic heterocycles. The van der Waals surface area contributed by atoms with E-state index in [2.05, 4.69) is 9.97 Å². The summed E-state index contributed by atoms with van der Waals surface area (Å²) in [5.74, 6) is -0.0464. The lowest BCUT2D eigenvalue weighted by atomic mass is 10.1. The van der Waals surface area contributed by atoms with Crippen molar-refractivity contribution in [2.24, 2.45) is 0 Å². The highest BCUT2D eigenvalue weighted by atomic mass is 32.1. The van der Waals surface area contributed by atoms with Crippen LogP contribution in [-0.4, -0.2) is 27.8 Å². The molecule has 3 aromatic rings. The Hall–Kier alpha value is -2.34. The van der Waals surface area contributed by atoms with Gasteiger partial charge >= 0.3 is 0 Å². The van der Waals surface area contributed by atoms with Gasteiger partial charge in [-0.3, -0.25) is 4.79 Å². The largest absolute Gasteiger partial charge is 0.399 e. The van der Waals surface area contributed by atoms with Gasteiger partial charge < -0.3 is 15.6 Å². The number of rotatable bonds is 3. The first kappa shape index (κ1) is 12.7. The average molecular weight is 286 g/mol. The minimum Gasteiger partial charge on any atom is -0.399 e. The number of aromatic amines is 1. The van der Waals surface area contributed by atoms with Crippen molar-refractivity contribution in [3.05, 3.63) is 46.5 Å². The molecule has 0 bridgehead atoms. The van der Waals surface area contributed by atoms with Crippen LogP contribution in [0.1, 0.15) is 16.1 Å². The van der Waals surface area contributed by atoms with Crippen LogP contribution in [0, 0.1) is 0 Å². The molecule has 0 unspecified atom stereocenters. The quantitative estimate of drug-likeness (QED) is 0.726. The molecule has 20 heavy (non-hydrogen) atoms. The van der Waals surface area contributed by atoms with Crippen molar-refractivity contribution in [3.63, 3.8) is 0 Å². The van der Waals surface area contributed by atoms with E-state index < -0.39 is 0 Å². The lowest BCUT2D eigenvalue weighted by Crippen LogP contribution is -2.26. The third-order valence-electron chi connectivity index (χ3n) is 3.17. The molecule has 2 heterocycles. The smallest absolute Gasteiger partial charge is 0.256 e. The predicted octanol–water partition coefficient (Wildman–Crippen LogP) is 2.48. The Kier molecular flexibility index (Phi) is 3.15. The molecule has 0 saturated carbocycles. The Bertz CT molecular complexity index is 748. The minimum atomic E-state index is -0.0464. The van der Waals surface area contributed by atoms with Gasteiger partial charge in [-0.15, -0.1) is 11.3 Å². The van der Waals surface area contributed by atoms with E-state index in [1.807, 2.05) is 23.6 Å². The lowest BCUT2D eigenvalue weighted by molar-refractivity contribution is 0.0785. The van der Waals surface area contributed by atoms with E-state index in [0.29, 0.717) is 17.8 Å².